The first-order valence-electron chi connectivity index (χ1n) is 6.27. The third-order valence-electron chi connectivity index (χ3n) is 2.82. The Kier molecular flexibility index (Phi) is 6.54. The van der Waals surface area contributed by atoms with E-state index in [1.165, 1.54) is 4.31 Å². The van der Waals surface area contributed by atoms with Crippen molar-refractivity contribution in [1.82, 2.24) is 4.31 Å². The molecule has 0 bridgehead atoms. The highest BCUT2D eigenvalue weighted by molar-refractivity contribution is 7.88. The average molecular weight is 316 g/mol. The van der Waals surface area contributed by atoms with Gasteiger partial charge in [-0.05, 0) is 12.5 Å². The Labute approximate surface area is 125 Å². The molecule has 2 N–H and O–H groups in total. The Balaban J connectivity index is 2.67. The molecule has 0 spiro atoms. The zero-order valence-electron chi connectivity index (χ0n) is 11.7. The second kappa shape index (κ2) is 7.68. The summed E-state index contributed by atoms with van der Waals surface area (Å²) in [5.41, 5.74) is 6.93. The van der Waals surface area contributed by atoms with Gasteiger partial charge in [0.15, 0.2) is 0 Å². The van der Waals surface area contributed by atoms with E-state index < -0.39 is 10.0 Å². The zero-order chi connectivity index (χ0) is 15.2. The summed E-state index contributed by atoms with van der Waals surface area (Å²) in [5, 5.41) is 0. The number of sulfonamides is 1. The van der Waals surface area contributed by atoms with E-state index in [4.69, 9.17) is 22.7 Å². The Morgan fingerprint density at radius 2 is 1.95 bits per heavy atom. The molecular formula is C13H20N2O3S2. The minimum absolute atomic E-state index is 0.0484. The predicted molar refractivity (Wildman–Crippen MR) is 84.1 cm³/mol. The van der Waals surface area contributed by atoms with Gasteiger partial charge in [-0.15, -0.1) is 0 Å². The number of rotatable bonds is 8. The van der Waals surface area contributed by atoms with Crippen LogP contribution in [0.4, 0.5) is 0 Å². The van der Waals surface area contributed by atoms with E-state index in [2.05, 4.69) is 0 Å². The molecule has 0 heterocycles. The number of hydrogen-bond acceptors (Lipinski definition) is 4. The fourth-order valence-electron chi connectivity index (χ4n) is 1.56. The van der Waals surface area contributed by atoms with Crippen LogP contribution < -0.4 is 5.73 Å². The first-order chi connectivity index (χ1) is 9.36. The molecule has 5 nitrogen and oxygen atoms in total. The maximum absolute atomic E-state index is 12.1. The van der Waals surface area contributed by atoms with Crippen LogP contribution in [-0.2, 0) is 20.5 Å². The fraction of sp³-hybridized carbons (Fsp3) is 0.462. The minimum atomic E-state index is -3.34. The summed E-state index contributed by atoms with van der Waals surface area (Å²) in [6.45, 7) is 3.19. The average Bonchev–Trinajstić information content (AvgIpc) is 2.39. The Bertz CT molecular complexity index is 541. The van der Waals surface area contributed by atoms with Crippen LogP contribution in [0.3, 0.4) is 0 Å². The van der Waals surface area contributed by atoms with Crippen LogP contribution in [-0.4, -0.2) is 44.5 Å². The molecule has 112 valence electrons. The Morgan fingerprint density at radius 3 is 2.45 bits per heavy atom. The SMILES string of the molecule is CCOCCN(C)S(=O)(=O)Cc1ccc(C(N)=S)cc1. The fourth-order valence-corrected chi connectivity index (χ4v) is 2.89. The van der Waals surface area contributed by atoms with Crippen LogP contribution in [0.1, 0.15) is 18.1 Å². The van der Waals surface area contributed by atoms with Crippen LogP contribution in [0.15, 0.2) is 24.3 Å². The van der Waals surface area contributed by atoms with Gasteiger partial charge in [0.2, 0.25) is 10.0 Å². The third-order valence-corrected chi connectivity index (χ3v) is 4.88. The van der Waals surface area contributed by atoms with Crippen molar-refractivity contribution < 1.29 is 13.2 Å². The largest absolute Gasteiger partial charge is 0.389 e. The highest BCUT2D eigenvalue weighted by Crippen LogP contribution is 2.11. The van der Waals surface area contributed by atoms with Crippen molar-refractivity contribution in [2.75, 3.05) is 26.8 Å². The van der Waals surface area contributed by atoms with Gasteiger partial charge in [-0.2, -0.15) is 0 Å². The van der Waals surface area contributed by atoms with Gasteiger partial charge in [0.05, 0.1) is 12.4 Å². The van der Waals surface area contributed by atoms with Crippen molar-refractivity contribution in [2.24, 2.45) is 5.73 Å². The second-order valence-electron chi connectivity index (χ2n) is 4.34. The summed E-state index contributed by atoms with van der Waals surface area (Å²) in [6.07, 6.45) is 0. The molecule has 7 heteroatoms. The van der Waals surface area contributed by atoms with Gasteiger partial charge in [-0.1, -0.05) is 36.5 Å². The zero-order valence-corrected chi connectivity index (χ0v) is 13.3. The molecule has 0 atom stereocenters. The maximum Gasteiger partial charge on any atom is 0.218 e. The van der Waals surface area contributed by atoms with Gasteiger partial charge in [0.1, 0.15) is 4.99 Å². The molecule has 0 aliphatic carbocycles. The summed E-state index contributed by atoms with van der Waals surface area (Å²) >= 11 is 4.85. The summed E-state index contributed by atoms with van der Waals surface area (Å²) in [4.78, 5) is 0.299. The van der Waals surface area contributed by atoms with Gasteiger partial charge in [-0.3, -0.25) is 0 Å². The van der Waals surface area contributed by atoms with Crippen molar-refractivity contribution in [3.05, 3.63) is 35.4 Å². The Hall–Kier alpha value is -1.02. The first-order valence-corrected chi connectivity index (χ1v) is 8.29. The smallest absolute Gasteiger partial charge is 0.218 e. The molecule has 0 fully saturated rings. The van der Waals surface area contributed by atoms with Crippen molar-refractivity contribution in [1.29, 1.82) is 0 Å². The maximum atomic E-state index is 12.1. The standard InChI is InChI=1S/C13H20N2O3S2/c1-3-18-9-8-15(2)20(16,17)10-11-4-6-12(7-5-11)13(14)19/h4-7H,3,8-10H2,1-2H3,(H2,14,19). The monoisotopic (exact) mass is 316 g/mol. The quantitative estimate of drug-likeness (QED) is 0.575. The summed E-state index contributed by atoms with van der Waals surface area (Å²) in [5.74, 6) is -0.0484. The number of nitrogens with zero attached hydrogens (tertiary/aromatic N) is 1. The summed E-state index contributed by atoms with van der Waals surface area (Å²) < 4.78 is 30.7. The lowest BCUT2D eigenvalue weighted by Crippen LogP contribution is -2.31. The lowest BCUT2D eigenvalue weighted by molar-refractivity contribution is 0.138. The summed E-state index contributed by atoms with van der Waals surface area (Å²) in [7, 11) is -1.78. The van der Waals surface area contributed by atoms with Gasteiger partial charge in [0.25, 0.3) is 0 Å². The molecule has 0 aromatic heterocycles. The highest BCUT2D eigenvalue weighted by Gasteiger charge is 2.18. The van der Waals surface area contributed by atoms with E-state index in [9.17, 15) is 8.42 Å². The molecule has 0 saturated carbocycles. The van der Waals surface area contributed by atoms with Crippen LogP contribution >= 0.6 is 12.2 Å². The van der Waals surface area contributed by atoms with E-state index in [0.29, 0.717) is 30.3 Å². The Morgan fingerprint density at radius 1 is 1.35 bits per heavy atom. The number of ether oxygens (including phenoxy) is 1. The topological polar surface area (TPSA) is 72.6 Å². The van der Waals surface area contributed by atoms with Crippen molar-refractivity contribution in [2.45, 2.75) is 12.7 Å². The van der Waals surface area contributed by atoms with Crippen LogP contribution in [0, 0.1) is 0 Å². The van der Waals surface area contributed by atoms with Gasteiger partial charge >= 0.3 is 0 Å². The molecule has 0 amide bonds. The van der Waals surface area contributed by atoms with Crippen LogP contribution in [0.25, 0.3) is 0 Å². The molecule has 0 saturated heterocycles. The van der Waals surface area contributed by atoms with Gasteiger partial charge < -0.3 is 10.5 Å². The lowest BCUT2D eigenvalue weighted by atomic mass is 10.1. The molecule has 1 aromatic carbocycles. The minimum Gasteiger partial charge on any atom is -0.389 e. The second-order valence-corrected chi connectivity index (χ2v) is 6.85. The molecule has 0 radical (unpaired) electrons. The molecule has 20 heavy (non-hydrogen) atoms. The van der Waals surface area contributed by atoms with Gasteiger partial charge in [-0.25, -0.2) is 12.7 Å². The molecular weight excluding hydrogens is 296 g/mol. The molecule has 1 aromatic rings. The number of hydrogen-bond donors (Lipinski definition) is 1. The van der Waals surface area contributed by atoms with Crippen molar-refractivity contribution in [3.63, 3.8) is 0 Å². The van der Waals surface area contributed by atoms with E-state index in [1.54, 1.807) is 31.3 Å². The van der Waals surface area contributed by atoms with E-state index >= 15 is 0 Å². The third kappa shape index (κ3) is 5.16. The van der Waals surface area contributed by atoms with Crippen LogP contribution in [0.2, 0.25) is 0 Å². The van der Waals surface area contributed by atoms with Crippen molar-refractivity contribution >= 4 is 27.2 Å². The van der Waals surface area contributed by atoms with Gasteiger partial charge in [0, 0.05) is 25.8 Å². The molecule has 0 aliphatic rings. The summed E-state index contributed by atoms with van der Waals surface area (Å²) in [6, 6.07) is 6.91. The number of benzene rings is 1. The number of nitrogens with two attached hydrogens (primary N) is 1. The first kappa shape index (κ1) is 17.0. The normalized spacial score (nSPS) is 11.8. The molecule has 1 rings (SSSR count). The lowest BCUT2D eigenvalue weighted by Gasteiger charge is -2.17. The highest BCUT2D eigenvalue weighted by atomic mass is 32.2. The number of likely N-dealkylation sites (N-methyl/N-ethyl adjacent to an activating group) is 1. The van der Waals surface area contributed by atoms with E-state index in [0.717, 1.165) is 5.56 Å². The van der Waals surface area contributed by atoms with Crippen molar-refractivity contribution in [3.8, 4) is 0 Å². The van der Waals surface area contributed by atoms with E-state index in [1.807, 2.05) is 6.92 Å². The molecule has 0 unspecified atom stereocenters. The predicted octanol–water partition coefficient (Wildman–Crippen LogP) is 1.12. The van der Waals surface area contributed by atoms with E-state index in [-0.39, 0.29) is 5.75 Å². The molecule has 0 aliphatic heterocycles. The number of thiocarbonyl (C=S) groups is 1. The van der Waals surface area contributed by atoms with Crippen LogP contribution in [0.5, 0.6) is 0 Å².